The molecule has 1 N–H and O–H groups in total. The Hall–Kier alpha value is -1.58. The number of Topliss-reactive ketones (excluding diaryl/α,β-unsaturated/α-hetero) is 1. The minimum atomic E-state index is -0.415. The molecule has 0 saturated heterocycles. The van der Waals surface area contributed by atoms with Gasteiger partial charge in [-0.05, 0) is 54.0 Å². The van der Waals surface area contributed by atoms with Gasteiger partial charge in [0, 0.05) is 24.2 Å². The van der Waals surface area contributed by atoms with E-state index >= 15 is 0 Å². The number of hydrogen-bond acceptors (Lipinski definition) is 2. The highest BCUT2D eigenvalue weighted by Gasteiger charge is 2.31. The van der Waals surface area contributed by atoms with Crippen LogP contribution in [0.4, 0.5) is 10.1 Å². The predicted molar refractivity (Wildman–Crippen MR) is 108 cm³/mol. The summed E-state index contributed by atoms with van der Waals surface area (Å²) < 4.78 is 14.8. The number of ketones is 1. The first-order valence-electron chi connectivity index (χ1n) is 8.66. The monoisotopic (exact) mass is 395 g/mol. The maximum atomic E-state index is 14.8. The van der Waals surface area contributed by atoms with Crippen LogP contribution in [-0.4, -0.2) is 12.8 Å². The van der Waals surface area contributed by atoms with Crippen LogP contribution in [0.15, 0.2) is 36.4 Å². The number of anilines is 1. The molecule has 2 nitrogen and oxygen atoms in total. The topological polar surface area (TPSA) is 29.1 Å². The van der Waals surface area contributed by atoms with Gasteiger partial charge in [0.25, 0.3) is 0 Å². The molecule has 0 amide bonds. The minimum Gasteiger partial charge on any atom is -0.388 e. The zero-order valence-electron chi connectivity index (χ0n) is 15.4. The highest BCUT2D eigenvalue weighted by atomic mass is 35.5. The van der Waals surface area contributed by atoms with Crippen molar-refractivity contribution in [1.82, 2.24) is 0 Å². The number of hydrogen-bond donors (Lipinski definition) is 1. The average Bonchev–Trinajstić information content (AvgIpc) is 2.57. The maximum absolute atomic E-state index is 14.8. The molecule has 2 aromatic carbocycles. The van der Waals surface area contributed by atoms with Crippen molar-refractivity contribution in [2.75, 3.05) is 12.4 Å². The van der Waals surface area contributed by atoms with Crippen molar-refractivity contribution < 1.29 is 9.18 Å². The highest BCUT2D eigenvalue weighted by Crippen LogP contribution is 2.44. The van der Waals surface area contributed by atoms with Crippen molar-refractivity contribution >= 4 is 34.7 Å². The van der Waals surface area contributed by atoms with E-state index in [-0.39, 0.29) is 28.6 Å². The van der Waals surface area contributed by atoms with Crippen LogP contribution >= 0.6 is 23.2 Å². The summed E-state index contributed by atoms with van der Waals surface area (Å²) in [5.41, 5.74) is 2.46. The van der Waals surface area contributed by atoms with Crippen LogP contribution in [0.2, 0.25) is 10.0 Å². The minimum absolute atomic E-state index is 0.0444. The Balaban J connectivity index is 2.56. The molecule has 0 aliphatic carbocycles. The Kier molecular flexibility index (Phi) is 7.08. The van der Waals surface area contributed by atoms with Crippen LogP contribution in [0.5, 0.6) is 0 Å². The lowest BCUT2D eigenvalue weighted by molar-refractivity contribution is -0.117. The molecule has 0 aliphatic rings. The van der Waals surface area contributed by atoms with E-state index in [1.54, 1.807) is 25.1 Å². The van der Waals surface area contributed by atoms with Gasteiger partial charge in [0.2, 0.25) is 0 Å². The normalized spacial score (nSPS) is 14.6. The fourth-order valence-corrected chi connectivity index (χ4v) is 4.12. The van der Waals surface area contributed by atoms with Crippen LogP contribution in [0.1, 0.15) is 50.2 Å². The Morgan fingerprint density at radius 2 is 1.85 bits per heavy atom. The lowest BCUT2D eigenvalue weighted by Crippen LogP contribution is -2.21. The van der Waals surface area contributed by atoms with Crippen molar-refractivity contribution in [1.29, 1.82) is 0 Å². The summed E-state index contributed by atoms with van der Waals surface area (Å²) in [4.78, 5) is 11.7. The van der Waals surface area contributed by atoms with Crippen molar-refractivity contribution in [2.24, 2.45) is 5.92 Å². The lowest BCUT2D eigenvalue weighted by atomic mass is 9.73. The molecular formula is C21H24Cl2FNO. The van der Waals surface area contributed by atoms with E-state index in [2.05, 4.69) is 5.32 Å². The standard InChI is InChI=1S/C21H24Cl2FNO/c1-12(10-13(2)26)20(17-6-5-7-18(23)21(17)24)14(3)16-9-8-15(22)11-19(16)25-4/h5-9,11-12,14,20,25H,10H2,1-4H3. The lowest BCUT2D eigenvalue weighted by Gasteiger charge is -2.32. The Morgan fingerprint density at radius 1 is 1.15 bits per heavy atom. The fraction of sp³-hybridized carbons (Fsp3) is 0.381. The van der Waals surface area contributed by atoms with E-state index in [4.69, 9.17) is 23.2 Å². The number of carbonyl (C=O) groups is 1. The zero-order valence-corrected chi connectivity index (χ0v) is 17.0. The molecule has 0 radical (unpaired) electrons. The molecule has 2 rings (SSSR count). The van der Waals surface area contributed by atoms with E-state index in [0.717, 1.165) is 11.3 Å². The summed E-state index contributed by atoms with van der Waals surface area (Å²) in [6.45, 7) is 5.59. The average molecular weight is 396 g/mol. The molecule has 0 aromatic heterocycles. The van der Waals surface area contributed by atoms with E-state index in [9.17, 15) is 9.18 Å². The summed E-state index contributed by atoms with van der Waals surface area (Å²) in [5, 5.41) is 3.89. The second-order valence-corrected chi connectivity index (χ2v) is 7.67. The van der Waals surface area contributed by atoms with Gasteiger partial charge in [0.05, 0.1) is 5.02 Å². The zero-order chi connectivity index (χ0) is 19.4. The van der Waals surface area contributed by atoms with E-state index < -0.39 is 5.82 Å². The van der Waals surface area contributed by atoms with Crippen LogP contribution < -0.4 is 5.32 Å². The summed E-state index contributed by atoms with van der Waals surface area (Å²) in [6, 6.07) is 10.7. The molecule has 3 unspecified atom stereocenters. The second-order valence-electron chi connectivity index (χ2n) is 6.82. The molecule has 26 heavy (non-hydrogen) atoms. The molecule has 0 fully saturated rings. The van der Waals surface area contributed by atoms with Crippen molar-refractivity contribution in [3.05, 3.63) is 63.4 Å². The first kappa shape index (κ1) is 20.7. The van der Waals surface area contributed by atoms with Gasteiger partial charge in [-0.3, -0.25) is 0 Å². The maximum Gasteiger partial charge on any atom is 0.145 e. The summed E-state index contributed by atoms with van der Waals surface area (Å²) >= 11 is 12.1. The van der Waals surface area contributed by atoms with Crippen LogP contribution in [-0.2, 0) is 4.79 Å². The van der Waals surface area contributed by atoms with E-state index in [0.29, 0.717) is 17.0 Å². The first-order chi connectivity index (χ1) is 12.3. The molecule has 140 valence electrons. The predicted octanol–water partition coefficient (Wildman–Crippen LogP) is 6.68. The van der Waals surface area contributed by atoms with Crippen molar-refractivity contribution in [3.8, 4) is 0 Å². The largest absolute Gasteiger partial charge is 0.388 e. The number of nitrogens with one attached hydrogen (secondary N) is 1. The van der Waals surface area contributed by atoms with Crippen LogP contribution in [0.25, 0.3) is 0 Å². The van der Waals surface area contributed by atoms with Gasteiger partial charge in [0.15, 0.2) is 0 Å². The quantitative estimate of drug-likeness (QED) is 0.566. The fourth-order valence-electron chi connectivity index (χ4n) is 3.76. The molecular weight excluding hydrogens is 372 g/mol. The Bertz CT molecular complexity index is 794. The SMILES string of the molecule is CNc1cc(Cl)ccc1C(C)C(c1cccc(Cl)c1F)C(C)CC(C)=O. The summed E-state index contributed by atoms with van der Waals surface area (Å²) in [5.74, 6) is -0.623. The van der Waals surface area contributed by atoms with Crippen molar-refractivity contribution in [3.63, 3.8) is 0 Å². The molecule has 0 bridgehead atoms. The molecule has 0 heterocycles. The number of rotatable bonds is 7. The number of benzene rings is 2. The van der Waals surface area contributed by atoms with E-state index in [1.807, 2.05) is 39.1 Å². The van der Waals surface area contributed by atoms with Gasteiger partial charge in [0.1, 0.15) is 11.6 Å². The van der Waals surface area contributed by atoms with Crippen molar-refractivity contribution in [2.45, 2.75) is 39.0 Å². The van der Waals surface area contributed by atoms with Gasteiger partial charge in [-0.15, -0.1) is 0 Å². The smallest absolute Gasteiger partial charge is 0.145 e. The summed E-state index contributed by atoms with van der Waals surface area (Å²) in [7, 11) is 1.83. The van der Waals surface area contributed by atoms with Gasteiger partial charge >= 0.3 is 0 Å². The van der Waals surface area contributed by atoms with Gasteiger partial charge < -0.3 is 10.1 Å². The third-order valence-electron chi connectivity index (χ3n) is 4.88. The Morgan fingerprint density at radius 3 is 2.46 bits per heavy atom. The van der Waals surface area contributed by atoms with Gasteiger partial charge in [-0.25, -0.2) is 4.39 Å². The Labute approximate surface area is 164 Å². The third-order valence-corrected chi connectivity index (χ3v) is 5.40. The number of halogens is 3. The second kappa shape index (κ2) is 8.88. The molecule has 0 aliphatic heterocycles. The first-order valence-corrected chi connectivity index (χ1v) is 9.42. The molecule has 0 spiro atoms. The van der Waals surface area contributed by atoms with Gasteiger partial charge in [-0.2, -0.15) is 0 Å². The molecule has 5 heteroatoms. The van der Waals surface area contributed by atoms with E-state index in [1.165, 1.54) is 0 Å². The van der Waals surface area contributed by atoms with Crippen LogP contribution in [0.3, 0.4) is 0 Å². The third kappa shape index (κ3) is 4.57. The highest BCUT2D eigenvalue weighted by molar-refractivity contribution is 6.31. The summed E-state index contributed by atoms with van der Waals surface area (Å²) in [6.07, 6.45) is 0.378. The molecule has 2 aromatic rings. The molecule has 3 atom stereocenters. The van der Waals surface area contributed by atoms with Gasteiger partial charge in [-0.1, -0.05) is 55.2 Å². The molecule has 0 saturated carbocycles. The number of carbonyl (C=O) groups excluding carboxylic acids is 1. The van der Waals surface area contributed by atoms with Crippen LogP contribution in [0, 0.1) is 11.7 Å².